The average Bonchev–Trinajstić information content (AvgIpc) is 2.48. The van der Waals surface area contributed by atoms with Crippen LogP contribution in [-0.4, -0.2) is 10.8 Å². The average molecular weight is 351 g/mol. The highest BCUT2D eigenvalue weighted by molar-refractivity contribution is 6.37. The number of hydrogen-bond donors (Lipinski definition) is 1. The monoisotopic (exact) mass is 350 g/mol. The molecule has 23 heavy (non-hydrogen) atoms. The molecule has 7 heteroatoms. The lowest BCUT2D eigenvalue weighted by molar-refractivity contribution is -0.384. The lowest BCUT2D eigenvalue weighted by atomic mass is 10.2. The Labute approximate surface area is 142 Å². The number of nitrogens with zero attached hydrogens (tertiary/aromatic N) is 1. The Hall–Kier alpha value is -2.37. The van der Waals surface area contributed by atoms with Crippen LogP contribution >= 0.6 is 23.2 Å². The number of anilines is 1. The molecule has 0 aliphatic carbocycles. The summed E-state index contributed by atoms with van der Waals surface area (Å²) in [4.78, 5) is 22.4. The summed E-state index contributed by atoms with van der Waals surface area (Å²) in [5.41, 5.74) is 1.19. The number of nitrogens with one attached hydrogen (secondary N) is 1. The number of carbonyl (C=O) groups excluding carboxylic acids is 1. The summed E-state index contributed by atoms with van der Waals surface area (Å²) < 4.78 is 0. The van der Waals surface area contributed by atoms with Crippen molar-refractivity contribution < 1.29 is 9.72 Å². The van der Waals surface area contributed by atoms with Crippen LogP contribution in [0.1, 0.15) is 11.1 Å². The number of amides is 1. The van der Waals surface area contributed by atoms with Crippen LogP contribution in [0.2, 0.25) is 10.0 Å². The van der Waals surface area contributed by atoms with Crippen molar-refractivity contribution in [2.24, 2.45) is 0 Å². The zero-order chi connectivity index (χ0) is 17.0. The summed E-state index contributed by atoms with van der Waals surface area (Å²) in [5.74, 6) is -0.520. The second kappa shape index (κ2) is 7.26. The summed E-state index contributed by atoms with van der Waals surface area (Å²) in [6.45, 7) is 1.73. The number of rotatable bonds is 4. The molecule has 0 saturated carbocycles. The van der Waals surface area contributed by atoms with Crippen molar-refractivity contribution in [3.05, 3.63) is 73.8 Å². The number of halogens is 2. The van der Waals surface area contributed by atoms with Gasteiger partial charge in [0, 0.05) is 27.8 Å². The van der Waals surface area contributed by atoms with Gasteiger partial charge in [-0.15, -0.1) is 0 Å². The van der Waals surface area contributed by atoms with Crippen molar-refractivity contribution in [1.82, 2.24) is 0 Å². The number of hydrogen-bond acceptors (Lipinski definition) is 3. The molecule has 0 radical (unpaired) electrons. The van der Waals surface area contributed by atoms with Crippen molar-refractivity contribution >= 4 is 46.6 Å². The van der Waals surface area contributed by atoms with Crippen LogP contribution < -0.4 is 5.32 Å². The Morgan fingerprint density at radius 2 is 1.87 bits per heavy atom. The molecule has 0 aromatic heterocycles. The van der Waals surface area contributed by atoms with Gasteiger partial charge in [0.25, 0.3) is 5.69 Å². The van der Waals surface area contributed by atoms with Crippen LogP contribution in [0.3, 0.4) is 0 Å². The van der Waals surface area contributed by atoms with Crippen LogP contribution in [0.25, 0.3) is 6.08 Å². The molecule has 1 amide bonds. The van der Waals surface area contributed by atoms with Gasteiger partial charge in [0.15, 0.2) is 0 Å². The number of nitro groups is 1. The number of nitro benzene ring substituents is 1. The first-order chi connectivity index (χ1) is 10.9. The van der Waals surface area contributed by atoms with Crippen molar-refractivity contribution in [2.75, 3.05) is 5.32 Å². The Balaban J connectivity index is 2.20. The quantitative estimate of drug-likeness (QED) is 0.486. The van der Waals surface area contributed by atoms with E-state index in [1.54, 1.807) is 31.2 Å². The molecule has 0 heterocycles. The van der Waals surface area contributed by atoms with E-state index in [1.807, 2.05) is 0 Å². The normalized spacial score (nSPS) is 10.7. The molecule has 1 N–H and O–H groups in total. The van der Waals surface area contributed by atoms with Crippen molar-refractivity contribution in [3.63, 3.8) is 0 Å². The number of aryl methyl sites for hydroxylation is 1. The van der Waals surface area contributed by atoms with Gasteiger partial charge in [0.2, 0.25) is 5.91 Å². The molecule has 2 aromatic carbocycles. The van der Waals surface area contributed by atoms with Crippen molar-refractivity contribution in [1.29, 1.82) is 0 Å². The first kappa shape index (κ1) is 17.0. The standard InChI is InChI=1S/C16H12Cl2N2O3/c1-10-5-7-14(15(9-10)20(22)23)19-16(21)8-6-11-12(17)3-2-4-13(11)18/h2-9H,1H3,(H,19,21)/b8-6+. The third kappa shape index (κ3) is 4.31. The van der Waals surface area contributed by atoms with E-state index >= 15 is 0 Å². The van der Waals surface area contributed by atoms with E-state index in [9.17, 15) is 14.9 Å². The van der Waals surface area contributed by atoms with Crippen LogP contribution in [0.15, 0.2) is 42.5 Å². The summed E-state index contributed by atoms with van der Waals surface area (Å²) in [6.07, 6.45) is 2.68. The zero-order valence-corrected chi connectivity index (χ0v) is 13.6. The van der Waals surface area contributed by atoms with E-state index < -0.39 is 10.8 Å². The minimum atomic E-state index is -0.544. The molecule has 0 unspecified atom stereocenters. The predicted molar refractivity (Wildman–Crippen MR) is 92.0 cm³/mol. The van der Waals surface area contributed by atoms with Crippen molar-refractivity contribution in [2.45, 2.75) is 6.92 Å². The van der Waals surface area contributed by atoms with Gasteiger partial charge in [0.1, 0.15) is 5.69 Å². The highest BCUT2D eigenvalue weighted by atomic mass is 35.5. The van der Waals surface area contributed by atoms with Crippen LogP contribution in [0.5, 0.6) is 0 Å². The van der Waals surface area contributed by atoms with Gasteiger partial charge >= 0.3 is 0 Å². The summed E-state index contributed by atoms with van der Waals surface area (Å²) in [7, 11) is 0. The van der Waals surface area contributed by atoms with Gasteiger partial charge < -0.3 is 5.32 Å². The van der Waals surface area contributed by atoms with Crippen molar-refractivity contribution in [3.8, 4) is 0 Å². The van der Waals surface area contributed by atoms with E-state index in [4.69, 9.17) is 23.2 Å². The first-order valence-corrected chi connectivity index (χ1v) is 7.32. The van der Waals surface area contributed by atoms with Crippen LogP contribution in [0.4, 0.5) is 11.4 Å². The molecule has 118 valence electrons. The predicted octanol–water partition coefficient (Wildman–Crippen LogP) is 4.86. The van der Waals surface area contributed by atoms with Gasteiger partial charge in [-0.1, -0.05) is 35.3 Å². The molecule has 0 bridgehead atoms. The molecule has 0 spiro atoms. The molecular weight excluding hydrogens is 339 g/mol. The fourth-order valence-electron chi connectivity index (χ4n) is 1.90. The second-order valence-corrected chi connectivity index (χ2v) is 5.55. The number of carbonyl (C=O) groups is 1. The van der Waals surface area contributed by atoms with Gasteiger partial charge in [0.05, 0.1) is 4.92 Å². The third-order valence-corrected chi connectivity index (χ3v) is 3.67. The Bertz CT molecular complexity index is 784. The number of benzene rings is 2. The van der Waals surface area contributed by atoms with Crippen LogP contribution in [0, 0.1) is 17.0 Å². The first-order valence-electron chi connectivity index (χ1n) is 6.56. The van der Waals surface area contributed by atoms with E-state index in [1.165, 1.54) is 24.3 Å². The van der Waals surface area contributed by atoms with E-state index in [-0.39, 0.29) is 11.4 Å². The second-order valence-electron chi connectivity index (χ2n) is 4.74. The maximum atomic E-state index is 12.0. The largest absolute Gasteiger partial charge is 0.317 e. The lowest BCUT2D eigenvalue weighted by Crippen LogP contribution is -2.09. The summed E-state index contributed by atoms with van der Waals surface area (Å²) in [5, 5.41) is 14.3. The fourth-order valence-corrected chi connectivity index (χ4v) is 2.43. The molecule has 0 atom stereocenters. The van der Waals surface area contributed by atoms with E-state index in [0.29, 0.717) is 15.6 Å². The molecule has 0 saturated heterocycles. The summed E-state index contributed by atoms with van der Waals surface area (Å²) >= 11 is 12.0. The highest BCUT2D eigenvalue weighted by Gasteiger charge is 2.15. The third-order valence-electron chi connectivity index (χ3n) is 3.01. The maximum Gasteiger partial charge on any atom is 0.293 e. The maximum absolute atomic E-state index is 12.0. The minimum Gasteiger partial charge on any atom is -0.317 e. The van der Waals surface area contributed by atoms with Gasteiger partial charge in [-0.05, 0) is 36.8 Å². The molecule has 0 fully saturated rings. The minimum absolute atomic E-state index is 0.125. The molecule has 2 rings (SSSR count). The molecule has 0 aliphatic heterocycles. The lowest BCUT2D eigenvalue weighted by Gasteiger charge is -2.05. The molecule has 5 nitrogen and oxygen atoms in total. The Morgan fingerprint density at radius 1 is 1.22 bits per heavy atom. The molecule has 0 aliphatic rings. The Morgan fingerprint density at radius 3 is 2.48 bits per heavy atom. The smallest absolute Gasteiger partial charge is 0.293 e. The van der Waals surface area contributed by atoms with Gasteiger partial charge in [-0.25, -0.2) is 0 Å². The zero-order valence-electron chi connectivity index (χ0n) is 12.0. The summed E-state index contributed by atoms with van der Waals surface area (Å²) in [6, 6.07) is 9.55. The molecular formula is C16H12Cl2N2O3. The van der Waals surface area contributed by atoms with Crippen LogP contribution in [-0.2, 0) is 4.79 Å². The molecule has 2 aromatic rings. The van der Waals surface area contributed by atoms with E-state index in [0.717, 1.165) is 5.56 Å². The Kier molecular flexibility index (Phi) is 5.36. The fraction of sp³-hybridized carbons (Fsp3) is 0.0625. The SMILES string of the molecule is Cc1ccc(NC(=O)/C=C/c2c(Cl)cccc2Cl)c([N+](=O)[O-])c1. The highest BCUT2D eigenvalue weighted by Crippen LogP contribution is 2.27. The van der Waals surface area contributed by atoms with Gasteiger partial charge in [-0.3, -0.25) is 14.9 Å². The van der Waals surface area contributed by atoms with Gasteiger partial charge in [-0.2, -0.15) is 0 Å². The van der Waals surface area contributed by atoms with E-state index in [2.05, 4.69) is 5.32 Å². The topological polar surface area (TPSA) is 72.2 Å².